The highest BCUT2D eigenvalue weighted by molar-refractivity contribution is 5.27. The van der Waals surface area contributed by atoms with Crippen LogP contribution in [0, 0.1) is 5.92 Å². The van der Waals surface area contributed by atoms with E-state index in [4.69, 9.17) is 4.74 Å². The highest BCUT2D eigenvalue weighted by Crippen LogP contribution is 2.17. The average molecular weight is 291 g/mol. The third kappa shape index (κ3) is 5.68. The lowest BCUT2D eigenvalue weighted by atomic mass is 9.99. The maximum Gasteiger partial charge on any atom is 0.119 e. The van der Waals surface area contributed by atoms with E-state index in [0.717, 1.165) is 44.1 Å². The fraction of sp³-hybridized carbons (Fsp3) is 0.667. The Morgan fingerprint density at radius 3 is 2.52 bits per heavy atom. The Hall–Kier alpha value is -1.06. The molecule has 0 saturated carbocycles. The summed E-state index contributed by atoms with van der Waals surface area (Å²) in [6, 6.07) is 8.22. The number of aryl methyl sites for hydroxylation is 1. The van der Waals surface area contributed by atoms with Crippen LogP contribution in [0.5, 0.6) is 5.75 Å². The van der Waals surface area contributed by atoms with Crippen LogP contribution in [-0.4, -0.2) is 42.4 Å². The average Bonchev–Trinajstić information content (AvgIpc) is 2.49. The summed E-state index contributed by atoms with van der Waals surface area (Å²) in [5.41, 5.74) is 1.34. The molecule has 1 saturated heterocycles. The number of aliphatic hydroxyl groups excluding tert-OH is 1. The number of rotatable bonds is 7. The molecule has 1 aromatic rings. The summed E-state index contributed by atoms with van der Waals surface area (Å²) in [6.07, 6.45) is 4.34. The second-order valence-corrected chi connectivity index (χ2v) is 6.34. The van der Waals surface area contributed by atoms with Crippen LogP contribution in [0.4, 0.5) is 0 Å². The van der Waals surface area contributed by atoms with Gasteiger partial charge >= 0.3 is 0 Å². The number of hydrogen-bond acceptors (Lipinski definition) is 3. The third-order valence-electron chi connectivity index (χ3n) is 4.25. The van der Waals surface area contributed by atoms with Gasteiger partial charge in [-0.2, -0.15) is 0 Å². The number of ether oxygens (including phenoxy) is 1. The van der Waals surface area contributed by atoms with E-state index in [-0.39, 0.29) is 0 Å². The molecule has 1 aliphatic heterocycles. The van der Waals surface area contributed by atoms with E-state index >= 15 is 0 Å². The van der Waals surface area contributed by atoms with Crippen LogP contribution in [0.3, 0.4) is 0 Å². The second-order valence-electron chi connectivity index (χ2n) is 6.34. The number of piperidine rings is 1. The van der Waals surface area contributed by atoms with Gasteiger partial charge in [-0.15, -0.1) is 0 Å². The highest BCUT2D eigenvalue weighted by Gasteiger charge is 2.18. The van der Waals surface area contributed by atoms with E-state index < -0.39 is 6.10 Å². The first-order chi connectivity index (χ1) is 10.2. The standard InChI is InChI=1S/C18H29NO2/c1-3-4-16-5-7-18(8-6-16)21-14-17(20)13-19-11-9-15(2)10-12-19/h5-8,15,17,20H,3-4,9-14H2,1-2H3. The van der Waals surface area contributed by atoms with Crippen molar-refractivity contribution in [1.82, 2.24) is 4.90 Å². The van der Waals surface area contributed by atoms with Crippen LogP contribution in [0.25, 0.3) is 0 Å². The molecule has 0 aliphatic carbocycles. The van der Waals surface area contributed by atoms with Crippen molar-refractivity contribution < 1.29 is 9.84 Å². The van der Waals surface area contributed by atoms with Gasteiger partial charge in [0.25, 0.3) is 0 Å². The number of β-amino-alcohol motifs (C(OH)–C–C–N with tert-alkyl or cyclic N) is 1. The Kier molecular flexibility index (Phi) is 6.52. The predicted octanol–water partition coefficient (Wildman–Crippen LogP) is 3.11. The lowest BCUT2D eigenvalue weighted by Gasteiger charge is -2.31. The van der Waals surface area contributed by atoms with Crippen molar-refractivity contribution in [3.05, 3.63) is 29.8 Å². The minimum absolute atomic E-state index is 0.374. The molecular formula is C18H29NO2. The Bertz CT molecular complexity index is 396. The molecule has 3 nitrogen and oxygen atoms in total. The van der Waals surface area contributed by atoms with Crippen LogP contribution >= 0.6 is 0 Å². The summed E-state index contributed by atoms with van der Waals surface area (Å²) in [6.45, 7) is 7.79. The zero-order valence-electron chi connectivity index (χ0n) is 13.4. The van der Waals surface area contributed by atoms with Crippen molar-refractivity contribution in [1.29, 1.82) is 0 Å². The maximum atomic E-state index is 10.1. The van der Waals surface area contributed by atoms with Crippen LogP contribution < -0.4 is 4.74 Å². The summed E-state index contributed by atoms with van der Waals surface area (Å²) in [5.74, 6) is 1.68. The molecule has 1 aromatic carbocycles. The fourth-order valence-electron chi connectivity index (χ4n) is 2.83. The van der Waals surface area contributed by atoms with E-state index in [1.54, 1.807) is 0 Å². The molecule has 1 N–H and O–H groups in total. The first-order valence-corrected chi connectivity index (χ1v) is 8.29. The molecule has 1 unspecified atom stereocenters. The first kappa shape index (κ1) is 16.3. The number of benzene rings is 1. The summed E-state index contributed by atoms with van der Waals surface area (Å²) in [7, 11) is 0. The number of aliphatic hydroxyl groups is 1. The van der Waals surface area contributed by atoms with Gasteiger partial charge < -0.3 is 14.7 Å². The SMILES string of the molecule is CCCc1ccc(OCC(O)CN2CCC(C)CC2)cc1. The molecule has 2 rings (SSSR count). The van der Waals surface area contributed by atoms with Gasteiger partial charge in [0.05, 0.1) is 0 Å². The molecule has 0 bridgehead atoms. The normalized spacial score (nSPS) is 18.6. The van der Waals surface area contributed by atoms with Gasteiger partial charge in [0.15, 0.2) is 0 Å². The van der Waals surface area contributed by atoms with Crippen molar-refractivity contribution in [2.24, 2.45) is 5.92 Å². The molecule has 1 aliphatic rings. The van der Waals surface area contributed by atoms with E-state index in [9.17, 15) is 5.11 Å². The smallest absolute Gasteiger partial charge is 0.119 e. The molecule has 0 aromatic heterocycles. The number of nitrogens with zero attached hydrogens (tertiary/aromatic N) is 1. The summed E-state index contributed by atoms with van der Waals surface area (Å²) in [5, 5.41) is 10.1. The number of hydrogen-bond donors (Lipinski definition) is 1. The van der Waals surface area contributed by atoms with Gasteiger partial charge in [-0.25, -0.2) is 0 Å². The quantitative estimate of drug-likeness (QED) is 0.838. The van der Waals surface area contributed by atoms with E-state index in [0.29, 0.717) is 6.61 Å². The summed E-state index contributed by atoms with van der Waals surface area (Å²) in [4.78, 5) is 2.35. The lowest BCUT2D eigenvalue weighted by molar-refractivity contribution is 0.0563. The highest BCUT2D eigenvalue weighted by atomic mass is 16.5. The van der Waals surface area contributed by atoms with E-state index in [2.05, 4.69) is 30.9 Å². The van der Waals surface area contributed by atoms with Crippen LogP contribution in [-0.2, 0) is 6.42 Å². The zero-order chi connectivity index (χ0) is 15.1. The minimum Gasteiger partial charge on any atom is -0.491 e. The Labute approximate surface area is 128 Å². The van der Waals surface area contributed by atoms with Gasteiger partial charge in [0, 0.05) is 6.54 Å². The number of likely N-dealkylation sites (tertiary alicyclic amines) is 1. The Morgan fingerprint density at radius 1 is 1.24 bits per heavy atom. The van der Waals surface area contributed by atoms with Crippen molar-refractivity contribution >= 4 is 0 Å². The van der Waals surface area contributed by atoms with Crippen LogP contribution in [0.15, 0.2) is 24.3 Å². The van der Waals surface area contributed by atoms with Crippen molar-refractivity contribution in [2.75, 3.05) is 26.2 Å². The molecule has 0 amide bonds. The van der Waals surface area contributed by atoms with Gasteiger partial charge in [-0.1, -0.05) is 32.4 Å². The molecule has 118 valence electrons. The van der Waals surface area contributed by atoms with Gasteiger partial charge in [-0.05, 0) is 56.0 Å². The van der Waals surface area contributed by atoms with Gasteiger partial charge in [0.2, 0.25) is 0 Å². The van der Waals surface area contributed by atoms with Gasteiger partial charge in [0.1, 0.15) is 18.5 Å². The third-order valence-corrected chi connectivity index (χ3v) is 4.25. The molecule has 1 fully saturated rings. The fourth-order valence-corrected chi connectivity index (χ4v) is 2.83. The summed E-state index contributed by atoms with van der Waals surface area (Å²) >= 11 is 0. The molecule has 0 radical (unpaired) electrons. The van der Waals surface area contributed by atoms with Crippen molar-refractivity contribution in [3.8, 4) is 5.75 Å². The molecule has 1 heterocycles. The predicted molar refractivity (Wildman–Crippen MR) is 86.8 cm³/mol. The topological polar surface area (TPSA) is 32.7 Å². The van der Waals surface area contributed by atoms with E-state index in [1.165, 1.54) is 18.4 Å². The van der Waals surface area contributed by atoms with Crippen molar-refractivity contribution in [2.45, 2.75) is 45.6 Å². The van der Waals surface area contributed by atoms with Crippen LogP contribution in [0.2, 0.25) is 0 Å². The van der Waals surface area contributed by atoms with Crippen molar-refractivity contribution in [3.63, 3.8) is 0 Å². The van der Waals surface area contributed by atoms with Crippen LogP contribution in [0.1, 0.15) is 38.7 Å². The molecule has 3 heteroatoms. The largest absolute Gasteiger partial charge is 0.491 e. The Morgan fingerprint density at radius 2 is 1.90 bits per heavy atom. The first-order valence-electron chi connectivity index (χ1n) is 8.29. The molecular weight excluding hydrogens is 262 g/mol. The lowest BCUT2D eigenvalue weighted by Crippen LogP contribution is -2.40. The second kappa shape index (κ2) is 8.40. The maximum absolute atomic E-state index is 10.1. The van der Waals surface area contributed by atoms with E-state index in [1.807, 2.05) is 12.1 Å². The Balaban J connectivity index is 1.69. The minimum atomic E-state index is -0.409. The molecule has 0 spiro atoms. The summed E-state index contributed by atoms with van der Waals surface area (Å²) < 4.78 is 5.69. The monoisotopic (exact) mass is 291 g/mol. The zero-order valence-corrected chi connectivity index (χ0v) is 13.4. The molecule has 1 atom stereocenters. The molecule has 21 heavy (non-hydrogen) atoms. The van der Waals surface area contributed by atoms with Gasteiger partial charge in [-0.3, -0.25) is 0 Å².